The monoisotopic (exact) mass is 422 g/mol. The third kappa shape index (κ3) is 6.17. The Kier molecular flexibility index (Phi) is 8.24. The number of hydrogen-bond donors (Lipinski definition) is 0. The SMILES string of the molecule is COc1ccccc1CCN(C)CCCCCC(=O)c1ccc2c(c1)CCN2C(C)=O. The summed E-state index contributed by atoms with van der Waals surface area (Å²) in [5.41, 5.74) is 4.08. The fourth-order valence-electron chi connectivity index (χ4n) is 4.22. The van der Waals surface area contributed by atoms with E-state index in [2.05, 4.69) is 24.1 Å². The molecule has 0 atom stereocenters. The molecule has 1 aliphatic rings. The molecule has 0 aromatic heterocycles. The van der Waals surface area contributed by atoms with Crippen molar-refractivity contribution in [1.29, 1.82) is 0 Å². The van der Waals surface area contributed by atoms with E-state index in [4.69, 9.17) is 4.74 Å². The van der Waals surface area contributed by atoms with E-state index in [-0.39, 0.29) is 11.7 Å². The lowest BCUT2D eigenvalue weighted by atomic mass is 10.0. The molecule has 2 aromatic carbocycles. The van der Waals surface area contributed by atoms with E-state index in [1.54, 1.807) is 18.9 Å². The van der Waals surface area contributed by atoms with E-state index >= 15 is 0 Å². The number of fused-ring (bicyclic) bond motifs is 1. The largest absolute Gasteiger partial charge is 0.496 e. The molecule has 2 aromatic rings. The molecule has 5 heteroatoms. The Balaban J connectivity index is 1.35. The summed E-state index contributed by atoms with van der Waals surface area (Å²) in [6.45, 7) is 4.33. The second-order valence-corrected chi connectivity index (χ2v) is 8.36. The van der Waals surface area contributed by atoms with Gasteiger partial charge in [-0.25, -0.2) is 0 Å². The van der Waals surface area contributed by atoms with Crippen molar-refractivity contribution in [2.75, 3.05) is 38.7 Å². The third-order valence-corrected chi connectivity index (χ3v) is 6.08. The fourth-order valence-corrected chi connectivity index (χ4v) is 4.22. The molecule has 0 bridgehead atoms. The van der Waals surface area contributed by atoms with Crippen molar-refractivity contribution >= 4 is 17.4 Å². The van der Waals surface area contributed by atoms with E-state index in [1.165, 1.54) is 5.56 Å². The highest BCUT2D eigenvalue weighted by Crippen LogP contribution is 2.29. The van der Waals surface area contributed by atoms with Gasteiger partial charge in [-0.05, 0) is 74.7 Å². The Morgan fingerprint density at radius 3 is 2.65 bits per heavy atom. The minimum absolute atomic E-state index is 0.0608. The van der Waals surface area contributed by atoms with Crippen LogP contribution in [0, 0.1) is 0 Å². The number of para-hydroxylation sites is 1. The summed E-state index contributed by atoms with van der Waals surface area (Å²) < 4.78 is 5.42. The first-order valence-electron chi connectivity index (χ1n) is 11.2. The molecule has 0 spiro atoms. The number of amides is 1. The van der Waals surface area contributed by atoms with Crippen molar-refractivity contribution in [3.63, 3.8) is 0 Å². The second-order valence-electron chi connectivity index (χ2n) is 8.36. The molecule has 0 aliphatic carbocycles. The molecule has 0 fully saturated rings. The van der Waals surface area contributed by atoms with Gasteiger partial charge in [0.1, 0.15) is 5.75 Å². The molecule has 31 heavy (non-hydrogen) atoms. The maximum Gasteiger partial charge on any atom is 0.223 e. The number of ether oxygens (including phenoxy) is 1. The minimum Gasteiger partial charge on any atom is -0.496 e. The molecular weight excluding hydrogens is 388 g/mol. The zero-order chi connectivity index (χ0) is 22.2. The molecule has 0 saturated carbocycles. The fraction of sp³-hybridized carbons (Fsp3) is 0.462. The van der Waals surface area contributed by atoms with Crippen molar-refractivity contribution in [1.82, 2.24) is 4.90 Å². The molecule has 1 heterocycles. The Morgan fingerprint density at radius 2 is 1.87 bits per heavy atom. The average Bonchev–Trinajstić information content (AvgIpc) is 3.21. The smallest absolute Gasteiger partial charge is 0.223 e. The van der Waals surface area contributed by atoms with Gasteiger partial charge < -0.3 is 14.5 Å². The number of anilines is 1. The Bertz CT molecular complexity index is 909. The molecule has 0 radical (unpaired) electrons. The topological polar surface area (TPSA) is 49.9 Å². The number of unbranched alkanes of at least 4 members (excludes halogenated alkanes) is 2. The number of nitrogens with zero attached hydrogens (tertiary/aromatic N) is 2. The lowest BCUT2D eigenvalue weighted by Gasteiger charge is -2.17. The first kappa shape index (κ1) is 23.0. The van der Waals surface area contributed by atoms with Crippen LogP contribution in [-0.2, 0) is 17.6 Å². The van der Waals surface area contributed by atoms with E-state index in [1.807, 2.05) is 30.3 Å². The van der Waals surface area contributed by atoms with Crippen LogP contribution in [-0.4, -0.2) is 50.4 Å². The van der Waals surface area contributed by atoms with Gasteiger partial charge in [-0.2, -0.15) is 0 Å². The van der Waals surface area contributed by atoms with Crippen LogP contribution in [0.2, 0.25) is 0 Å². The van der Waals surface area contributed by atoms with Gasteiger partial charge in [0.25, 0.3) is 0 Å². The van der Waals surface area contributed by atoms with Gasteiger partial charge >= 0.3 is 0 Å². The number of ketones is 1. The average molecular weight is 423 g/mol. The van der Waals surface area contributed by atoms with Crippen LogP contribution in [0.1, 0.15) is 54.1 Å². The number of likely N-dealkylation sites (N-methyl/N-ethyl adjacent to an activating group) is 1. The molecule has 166 valence electrons. The van der Waals surface area contributed by atoms with Gasteiger partial charge in [0, 0.05) is 37.7 Å². The second kappa shape index (κ2) is 11.1. The zero-order valence-electron chi connectivity index (χ0n) is 19.0. The van der Waals surface area contributed by atoms with E-state index in [9.17, 15) is 9.59 Å². The highest BCUT2D eigenvalue weighted by Gasteiger charge is 2.23. The Morgan fingerprint density at radius 1 is 1.06 bits per heavy atom. The molecule has 0 saturated heterocycles. The molecule has 1 aliphatic heterocycles. The van der Waals surface area contributed by atoms with Crippen LogP contribution in [0.5, 0.6) is 5.75 Å². The summed E-state index contributed by atoms with van der Waals surface area (Å²) in [6.07, 6.45) is 5.44. The molecule has 5 nitrogen and oxygen atoms in total. The lowest BCUT2D eigenvalue weighted by molar-refractivity contribution is -0.116. The van der Waals surface area contributed by atoms with Crippen LogP contribution < -0.4 is 9.64 Å². The number of benzene rings is 2. The number of carbonyl (C=O) groups is 2. The Hall–Kier alpha value is -2.66. The van der Waals surface area contributed by atoms with Gasteiger partial charge in [0.15, 0.2) is 5.78 Å². The standard InChI is InChI=1S/C26H34N2O3/c1-20(29)28-18-15-22-19-23(12-13-24(22)28)25(30)10-5-4-8-16-27(2)17-14-21-9-6-7-11-26(21)31-3/h6-7,9,11-13,19H,4-5,8,10,14-18H2,1-3H3. The molecular formula is C26H34N2O3. The van der Waals surface area contributed by atoms with E-state index in [0.717, 1.165) is 67.8 Å². The van der Waals surface area contributed by atoms with E-state index < -0.39 is 0 Å². The summed E-state index contributed by atoms with van der Waals surface area (Å²) >= 11 is 0. The minimum atomic E-state index is 0.0608. The summed E-state index contributed by atoms with van der Waals surface area (Å²) in [4.78, 5) is 28.4. The number of Topliss-reactive ketones (excluding diaryl/α,β-unsaturated/α-hetero) is 1. The lowest BCUT2D eigenvalue weighted by Crippen LogP contribution is -2.25. The highest BCUT2D eigenvalue weighted by molar-refractivity contribution is 5.98. The van der Waals surface area contributed by atoms with Crippen molar-refractivity contribution in [3.8, 4) is 5.75 Å². The van der Waals surface area contributed by atoms with Crippen LogP contribution >= 0.6 is 0 Å². The third-order valence-electron chi connectivity index (χ3n) is 6.08. The number of hydrogen-bond acceptors (Lipinski definition) is 4. The first-order chi connectivity index (χ1) is 15.0. The first-order valence-corrected chi connectivity index (χ1v) is 11.2. The van der Waals surface area contributed by atoms with Crippen molar-refractivity contribution in [3.05, 3.63) is 59.2 Å². The van der Waals surface area contributed by atoms with Crippen molar-refractivity contribution in [2.45, 2.75) is 45.4 Å². The van der Waals surface area contributed by atoms with Crippen molar-refractivity contribution in [2.24, 2.45) is 0 Å². The summed E-state index contributed by atoms with van der Waals surface area (Å²) in [5.74, 6) is 1.22. The van der Waals surface area contributed by atoms with Gasteiger partial charge in [-0.3, -0.25) is 9.59 Å². The zero-order valence-corrected chi connectivity index (χ0v) is 19.0. The van der Waals surface area contributed by atoms with Crippen LogP contribution in [0.3, 0.4) is 0 Å². The maximum absolute atomic E-state index is 12.6. The molecule has 0 N–H and O–H groups in total. The quantitative estimate of drug-likeness (QED) is 0.395. The van der Waals surface area contributed by atoms with Crippen LogP contribution in [0.15, 0.2) is 42.5 Å². The van der Waals surface area contributed by atoms with Gasteiger partial charge in [-0.15, -0.1) is 0 Å². The normalized spacial score (nSPS) is 12.8. The molecule has 0 unspecified atom stereocenters. The van der Waals surface area contributed by atoms with Crippen molar-refractivity contribution < 1.29 is 14.3 Å². The molecule has 1 amide bonds. The summed E-state index contributed by atoms with van der Waals surface area (Å²) in [7, 11) is 3.86. The Labute approximate surface area is 186 Å². The van der Waals surface area contributed by atoms with Gasteiger partial charge in [0.05, 0.1) is 7.11 Å². The van der Waals surface area contributed by atoms with Crippen LogP contribution in [0.25, 0.3) is 0 Å². The highest BCUT2D eigenvalue weighted by atomic mass is 16.5. The number of carbonyl (C=O) groups excluding carboxylic acids is 2. The predicted octanol–water partition coefficient (Wildman–Crippen LogP) is 4.52. The van der Waals surface area contributed by atoms with Gasteiger partial charge in [-0.1, -0.05) is 24.6 Å². The summed E-state index contributed by atoms with van der Waals surface area (Å²) in [5, 5.41) is 0. The van der Waals surface area contributed by atoms with Gasteiger partial charge in [0.2, 0.25) is 5.91 Å². The molecule has 3 rings (SSSR count). The number of rotatable bonds is 11. The summed E-state index contributed by atoms with van der Waals surface area (Å²) in [6, 6.07) is 13.9. The maximum atomic E-state index is 12.6. The van der Waals surface area contributed by atoms with Crippen LogP contribution in [0.4, 0.5) is 5.69 Å². The van der Waals surface area contributed by atoms with E-state index in [0.29, 0.717) is 13.0 Å². The predicted molar refractivity (Wildman–Crippen MR) is 125 cm³/mol. The number of methoxy groups -OCH3 is 1.